The first kappa shape index (κ1) is 12.1. The van der Waals surface area contributed by atoms with Gasteiger partial charge in [0.05, 0.1) is 11.6 Å². The summed E-state index contributed by atoms with van der Waals surface area (Å²) in [6, 6.07) is 8.11. The van der Waals surface area contributed by atoms with Crippen LogP contribution in [0, 0.1) is 17.2 Å². The molecule has 0 aliphatic heterocycles. The molecule has 15 heavy (non-hydrogen) atoms. The Labute approximate surface area is 99.4 Å². The maximum Gasteiger partial charge on any atom is 0.0992 e. The molecule has 1 aromatic rings. The first-order chi connectivity index (χ1) is 7.04. The Balaban J connectivity index is 2.84. The number of halogens is 1. The highest BCUT2D eigenvalue weighted by atomic mass is 79.9. The minimum atomic E-state index is 0.411. The quantitative estimate of drug-likeness (QED) is 0.904. The molecule has 0 heterocycles. The van der Waals surface area contributed by atoms with E-state index in [4.69, 9.17) is 5.26 Å². The van der Waals surface area contributed by atoms with Gasteiger partial charge in [-0.15, -0.1) is 0 Å². The third-order valence-corrected chi connectivity index (χ3v) is 3.14. The highest BCUT2D eigenvalue weighted by Gasteiger charge is 2.08. The molecule has 1 unspecified atom stereocenters. The van der Waals surface area contributed by atoms with Crippen molar-refractivity contribution in [1.29, 1.82) is 5.26 Å². The first-order valence-electron chi connectivity index (χ1n) is 5.00. The van der Waals surface area contributed by atoms with Crippen LogP contribution < -0.4 is 5.32 Å². The van der Waals surface area contributed by atoms with Gasteiger partial charge in [0.1, 0.15) is 0 Å². The Kier molecular flexibility index (Phi) is 4.16. The lowest BCUT2D eigenvalue weighted by molar-refractivity contribution is 0.560. The fourth-order valence-corrected chi connectivity index (χ4v) is 1.61. The van der Waals surface area contributed by atoms with Gasteiger partial charge in [0.2, 0.25) is 0 Å². The zero-order valence-electron chi connectivity index (χ0n) is 9.21. The highest BCUT2D eigenvalue weighted by Crippen LogP contribution is 2.25. The lowest BCUT2D eigenvalue weighted by Gasteiger charge is -2.19. The Hall–Kier alpha value is -1.01. The largest absolute Gasteiger partial charge is 0.381 e. The molecular formula is C12H15BrN2. The topological polar surface area (TPSA) is 35.8 Å². The molecule has 0 spiro atoms. The van der Waals surface area contributed by atoms with Crippen LogP contribution in [-0.2, 0) is 0 Å². The molecule has 0 aromatic heterocycles. The zero-order valence-corrected chi connectivity index (χ0v) is 10.8. The van der Waals surface area contributed by atoms with Gasteiger partial charge in [-0.2, -0.15) is 5.26 Å². The van der Waals surface area contributed by atoms with Crippen LogP contribution in [0.2, 0.25) is 0 Å². The van der Waals surface area contributed by atoms with E-state index in [0.29, 0.717) is 17.5 Å². The normalized spacial score (nSPS) is 12.3. The Morgan fingerprint density at radius 3 is 2.47 bits per heavy atom. The van der Waals surface area contributed by atoms with Crippen LogP contribution in [0.3, 0.4) is 0 Å². The van der Waals surface area contributed by atoms with E-state index in [2.05, 4.69) is 48.1 Å². The number of benzene rings is 1. The number of nitrogens with zero attached hydrogens (tertiary/aromatic N) is 1. The van der Waals surface area contributed by atoms with E-state index in [1.165, 1.54) is 0 Å². The average molecular weight is 267 g/mol. The van der Waals surface area contributed by atoms with E-state index in [-0.39, 0.29) is 0 Å². The Bertz CT molecular complexity index is 380. The SMILES string of the molecule is CC(C)C(C)Nc1ccc(C#N)cc1Br. The molecule has 0 saturated heterocycles. The number of nitriles is 1. The van der Waals surface area contributed by atoms with Gasteiger partial charge in [-0.25, -0.2) is 0 Å². The van der Waals surface area contributed by atoms with Crippen molar-refractivity contribution in [2.75, 3.05) is 5.32 Å². The summed E-state index contributed by atoms with van der Waals surface area (Å²) in [6.45, 7) is 6.50. The maximum absolute atomic E-state index is 8.73. The Morgan fingerprint density at radius 2 is 2.00 bits per heavy atom. The third-order valence-electron chi connectivity index (χ3n) is 2.48. The number of rotatable bonds is 3. The molecule has 0 fully saturated rings. The molecule has 3 heteroatoms. The number of hydrogen-bond acceptors (Lipinski definition) is 2. The number of nitrogens with one attached hydrogen (secondary N) is 1. The van der Waals surface area contributed by atoms with Crippen molar-refractivity contribution in [3.05, 3.63) is 28.2 Å². The van der Waals surface area contributed by atoms with Crippen LogP contribution >= 0.6 is 15.9 Å². The van der Waals surface area contributed by atoms with Crippen molar-refractivity contribution in [3.63, 3.8) is 0 Å². The van der Waals surface area contributed by atoms with Crippen LogP contribution in [0.1, 0.15) is 26.3 Å². The second kappa shape index (κ2) is 5.18. The maximum atomic E-state index is 8.73. The summed E-state index contributed by atoms with van der Waals surface area (Å²) in [5.74, 6) is 0.576. The van der Waals surface area contributed by atoms with Crippen LogP contribution in [-0.4, -0.2) is 6.04 Å². The van der Waals surface area contributed by atoms with E-state index in [1.54, 1.807) is 0 Å². The van der Waals surface area contributed by atoms with E-state index < -0.39 is 0 Å². The fraction of sp³-hybridized carbons (Fsp3) is 0.417. The summed E-state index contributed by atoms with van der Waals surface area (Å²) in [7, 11) is 0. The summed E-state index contributed by atoms with van der Waals surface area (Å²) in [4.78, 5) is 0. The van der Waals surface area contributed by atoms with Crippen molar-refractivity contribution >= 4 is 21.6 Å². The molecule has 0 saturated carbocycles. The molecule has 1 atom stereocenters. The lowest BCUT2D eigenvalue weighted by Crippen LogP contribution is -2.21. The van der Waals surface area contributed by atoms with Crippen molar-refractivity contribution in [1.82, 2.24) is 0 Å². The second-order valence-electron chi connectivity index (χ2n) is 3.98. The van der Waals surface area contributed by atoms with Crippen LogP contribution in [0.5, 0.6) is 0 Å². The number of anilines is 1. The third kappa shape index (κ3) is 3.24. The molecule has 0 amide bonds. The Morgan fingerprint density at radius 1 is 1.33 bits per heavy atom. The minimum Gasteiger partial charge on any atom is -0.381 e. The van der Waals surface area contributed by atoms with E-state index in [1.807, 2.05) is 18.2 Å². The van der Waals surface area contributed by atoms with Gasteiger partial charge in [-0.3, -0.25) is 0 Å². The monoisotopic (exact) mass is 266 g/mol. The highest BCUT2D eigenvalue weighted by molar-refractivity contribution is 9.10. The van der Waals surface area contributed by atoms with Gasteiger partial charge in [-0.05, 0) is 47.0 Å². The molecule has 1 rings (SSSR count). The van der Waals surface area contributed by atoms with Gasteiger partial charge in [0.15, 0.2) is 0 Å². The van der Waals surface area contributed by atoms with Crippen molar-refractivity contribution < 1.29 is 0 Å². The van der Waals surface area contributed by atoms with Gasteiger partial charge >= 0.3 is 0 Å². The number of hydrogen-bond donors (Lipinski definition) is 1. The predicted octanol–water partition coefficient (Wildman–Crippen LogP) is 3.78. The van der Waals surface area contributed by atoms with Crippen molar-refractivity contribution in [2.24, 2.45) is 5.92 Å². The minimum absolute atomic E-state index is 0.411. The first-order valence-corrected chi connectivity index (χ1v) is 5.80. The average Bonchev–Trinajstić information content (AvgIpc) is 2.20. The fourth-order valence-electron chi connectivity index (χ4n) is 1.11. The molecule has 0 radical (unpaired) electrons. The van der Waals surface area contributed by atoms with Crippen molar-refractivity contribution in [3.8, 4) is 6.07 Å². The molecule has 2 nitrogen and oxygen atoms in total. The van der Waals surface area contributed by atoms with E-state index >= 15 is 0 Å². The molecule has 0 aliphatic carbocycles. The molecule has 80 valence electrons. The summed E-state index contributed by atoms with van der Waals surface area (Å²) < 4.78 is 0.939. The molecule has 1 aromatic carbocycles. The summed E-state index contributed by atoms with van der Waals surface area (Å²) in [5, 5.41) is 12.1. The molecule has 0 aliphatic rings. The lowest BCUT2D eigenvalue weighted by atomic mass is 10.1. The van der Waals surface area contributed by atoms with Gasteiger partial charge in [0, 0.05) is 16.2 Å². The van der Waals surface area contributed by atoms with Crippen LogP contribution in [0.25, 0.3) is 0 Å². The summed E-state index contributed by atoms with van der Waals surface area (Å²) in [5.41, 5.74) is 1.71. The van der Waals surface area contributed by atoms with Crippen molar-refractivity contribution in [2.45, 2.75) is 26.8 Å². The summed E-state index contributed by atoms with van der Waals surface area (Å²) in [6.07, 6.45) is 0. The smallest absolute Gasteiger partial charge is 0.0992 e. The second-order valence-corrected chi connectivity index (χ2v) is 4.84. The zero-order chi connectivity index (χ0) is 11.4. The van der Waals surface area contributed by atoms with E-state index in [9.17, 15) is 0 Å². The standard InChI is InChI=1S/C12H15BrN2/c1-8(2)9(3)15-12-5-4-10(7-14)6-11(12)13/h4-6,8-9,15H,1-3H3. The predicted molar refractivity (Wildman–Crippen MR) is 66.8 cm³/mol. The molecular weight excluding hydrogens is 252 g/mol. The molecule has 0 bridgehead atoms. The van der Waals surface area contributed by atoms with Crippen LogP contribution in [0.4, 0.5) is 5.69 Å². The van der Waals surface area contributed by atoms with Crippen LogP contribution in [0.15, 0.2) is 22.7 Å². The summed E-state index contributed by atoms with van der Waals surface area (Å²) >= 11 is 3.45. The van der Waals surface area contributed by atoms with Gasteiger partial charge < -0.3 is 5.32 Å². The van der Waals surface area contributed by atoms with Gasteiger partial charge in [-0.1, -0.05) is 13.8 Å². The van der Waals surface area contributed by atoms with Gasteiger partial charge in [0.25, 0.3) is 0 Å². The molecule has 1 N–H and O–H groups in total. The van der Waals surface area contributed by atoms with E-state index in [0.717, 1.165) is 10.2 Å².